The van der Waals surface area contributed by atoms with Gasteiger partial charge >= 0.3 is 0 Å². The first-order chi connectivity index (χ1) is 14.6. The van der Waals surface area contributed by atoms with Crippen molar-refractivity contribution < 1.29 is 0 Å². The van der Waals surface area contributed by atoms with Crippen molar-refractivity contribution >= 4 is 28.6 Å². The molecule has 0 bridgehead atoms. The SMILES string of the molecule is Cc1c(C#CC2CCCCC2)sc2c1C(c1ccc(Cl)cc1)=NCc1nnc(C)n1-2. The van der Waals surface area contributed by atoms with Gasteiger partial charge in [0, 0.05) is 22.1 Å². The standard InChI is InChI=1S/C24H23ClN4S/c1-15-20(13-8-17-6-4-3-5-7-17)30-24-22(15)23(18-9-11-19(25)12-10-18)26-14-21-28-27-16(2)29(21)24/h9-12,17H,3-7,14H2,1-2H3. The fourth-order valence-electron chi connectivity index (χ4n) is 4.31. The normalized spacial score (nSPS) is 16.2. The van der Waals surface area contributed by atoms with Gasteiger partial charge in [0.2, 0.25) is 0 Å². The van der Waals surface area contributed by atoms with E-state index >= 15 is 0 Å². The van der Waals surface area contributed by atoms with E-state index in [4.69, 9.17) is 16.6 Å². The molecule has 2 aliphatic rings. The van der Waals surface area contributed by atoms with Crippen molar-refractivity contribution in [2.24, 2.45) is 10.9 Å². The Labute approximate surface area is 186 Å². The van der Waals surface area contributed by atoms with Crippen LogP contribution >= 0.6 is 22.9 Å². The van der Waals surface area contributed by atoms with Gasteiger partial charge in [0.1, 0.15) is 17.4 Å². The van der Waals surface area contributed by atoms with Crippen LogP contribution in [0.4, 0.5) is 0 Å². The summed E-state index contributed by atoms with van der Waals surface area (Å²) < 4.78 is 2.14. The first kappa shape index (κ1) is 19.5. The molecular weight excluding hydrogens is 412 g/mol. The highest BCUT2D eigenvalue weighted by molar-refractivity contribution is 7.15. The molecule has 4 nitrogen and oxygen atoms in total. The number of thiophene rings is 1. The molecule has 152 valence electrons. The number of nitrogens with zero attached hydrogens (tertiary/aromatic N) is 4. The fourth-order valence-corrected chi connectivity index (χ4v) is 5.68. The van der Waals surface area contributed by atoms with Crippen LogP contribution in [0, 0.1) is 31.6 Å². The minimum atomic E-state index is 0.503. The Hall–Kier alpha value is -2.42. The summed E-state index contributed by atoms with van der Waals surface area (Å²) in [5.74, 6) is 9.36. The smallest absolute Gasteiger partial charge is 0.160 e. The summed E-state index contributed by atoms with van der Waals surface area (Å²) in [5, 5.41) is 10.5. The predicted molar refractivity (Wildman–Crippen MR) is 123 cm³/mol. The summed E-state index contributed by atoms with van der Waals surface area (Å²) in [7, 11) is 0. The van der Waals surface area contributed by atoms with E-state index in [0.717, 1.165) is 43.4 Å². The predicted octanol–water partition coefficient (Wildman–Crippen LogP) is 5.88. The van der Waals surface area contributed by atoms with E-state index in [1.54, 1.807) is 11.3 Å². The number of aryl methyl sites for hydroxylation is 1. The molecule has 0 spiro atoms. The van der Waals surface area contributed by atoms with Crippen LogP contribution in [0.1, 0.15) is 65.3 Å². The van der Waals surface area contributed by atoms with Crippen LogP contribution < -0.4 is 0 Å². The third kappa shape index (κ3) is 3.49. The van der Waals surface area contributed by atoms with Crippen molar-refractivity contribution in [3.05, 3.63) is 62.5 Å². The summed E-state index contributed by atoms with van der Waals surface area (Å²) in [4.78, 5) is 6.07. The summed E-state index contributed by atoms with van der Waals surface area (Å²) >= 11 is 7.86. The molecule has 1 saturated carbocycles. The van der Waals surface area contributed by atoms with Gasteiger partial charge in [0.15, 0.2) is 5.82 Å². The summed E-state index contributed by atoms with van der Waals surface area (Å²) in [6.07, 6.45) is 6.40. The van der Waals surface area contributed by atoms with Gasteiger partial charge in [-0.1, -0.05) is 54.8 Å². The van der Waals surface area contributed by atoms with Gasteiger partial charge in [-0.2, -0.15) is 0 Å². The van der Waals surface area contributed by atoms with Crippen molar-refractivity contribution in [3.8, 4) is 16.8 Å². The van der Waals surface area contributed by atoms with Crippen molar-refractivity contribution in [1.29, 1.82) is 0 Å². The van der Waals surface area contributed by atoms with E-state index < -0.39 is 0 Å². The van der Waals surface area contributed by atoms with Crippen molar-refractivity contribution in [2.45, 2.75) is 52.5 Å². The summed E-state index contributed by atoms with van der Waals surface area (Å²) in [5.41, 5.74) is 4.36. The van der Waals surface area contributed by atoms with Gasteiger partial charge in [0.25, 0.3) is 0 Å². The highest BCUT2D eigenvalue weighted by atomic mass is 35.5. The number of hydrogen-bond donors (Lipinski definition) is 0. The zero-order valence-electron chi connectivity index (χ0n) is 17.2. The van der Waals surface area contributed by atoms with Crippen molar-refractivity contribution in [3.63, 3.8) is 0 Å². The second kappa shape index (κ2) is 8.02. The molecule has 6 heteroatoms. The highest BCUT2D eigenvalue weighted by Crippen LogP contribution is 2.36. The fraction of sp³-hybridized carbons (Fsp3) is 0.375. The number of rotatable bonds is 1. The number of hydrogen-bond acceptors (Lipinski definition) is 4. The first-order valence-electron chi connectivity index (χ1n) is 10.5. The zero-order chi connectivity index (χ0) is 20.7. The van der Waals surface area contributed by atoms with E-state index in [-0.39, 0.29) is 0 Å². The number of fused-ring (bicyclic) bond motifs is 3. The van der Waals surface area contributed by atoms with E-state index in [2.05, 4.69) is 33.5 Å². The minimum absolute atomic E-state index is 0.503. The summed E-state index contributed by atoms with van der Waals surface area (Å²) in [6.45, 7) is 4.66. The lowest BCUT2D eigenvalue weighted by Gasteiger charge is -2.15. The lowest BCUT2D eigenvalue weighted by Crippen LogP contribution is -2.07. The molecular formula is C24H23ClN4S. The Morgan fingerprint density at radius 2 is 1.83 bits per heavy atom. The van der Waals surface area contributed by atoms with Crippen LogP contribution in [-0.2, 0) is 6.54 Å². The molecule has 3 heterocycles. The maximum atomic E-state index is 6.13. The Bertz CT molecular complexity index is 1180. The lowest BCUT2D eigenvalue weighted by atomic mass is 9.90. The first-order valence-corrected chi connectivity index (χ1v) is 11.7. The third-order valence-electron chi connectivity index (χ3n) is 5.95. The Morgan fingerprint density at radius 1 is 1.07 bits per heavy atom. The largest absolute Gasteiger partial charge is 0.276 e. The minimum Gasteiger partial charge on any atom is -0.276 e. The Morgan fingerprint density at radius 3 is 2.60 bits per heavy atom. The maximum Gasteiger partial charge on any atom is 0.160 e. The van der Waals surface area contributed by atoms with Crippen LogP contribution in [0.15, 0.2) is 29.3 Å². The van der Waals surface area contributed by atoms with Crippen LogP contribution in [-0.4, -0.2) is 20.5 Å². The molecule has 5 rings (SSSR count). The molecule has 0 unspecified atom stereocenters. The van der Waals surface area contributed by atoms with Crippen LogP contribution in [0.5, 0.6) is 0 Å². The molecule has 1 fully saturated rings. The van der Waals surface area contributed by atoms with Crippen LogP contribution in [0.3, 0.4) is 0 Å². The molecule has 0 N–H and O–H groups in total. The van der Waals surface area contributed by atoms with Crippen LogP contribution in [0.2, 0.25) is 5.02 Å². The van der Waals surface area contributed by atoms with Gasteiger partial charge in [-0.3, -0.25) is 9.56 Å². The topological polar surface area (TPSA) is 43.1 Å². The van der Waals surface area contributed by atoms with Gasteiger partial charge in [-0.25, -0.2) is 0 Å². The number of halogens is 1. The molecule has 1 aliphatic carbocycles. The van der Waals surface area contributed by atoms with Gasteiger partial charge in [-0.15, -0.1) is 21.5 Å². The van der Waals surface area contributed by atoms with Gasteiger partial charge in [-0.05, 0) is 44.4 Å². The molecule has 0 atom stereocenters. The van der Waals surface area contributed by atoms with E-state index in [1.807, 2.05) is 31.2 Å². The van der Waals surface area contributed by atoms with E-state index in [9.17, 15) is 0 Å². The molecule has 1 aliphatic heterocycles. The highest BCUT2D eigenvalue weighted by Gasteiger charge is 2.27. The van der Waals surface area contributed by atoms with Gasteiger partial charge < -0.3 is 0 Å². The number of benzene rings is 1. The zero-order valence-corrected chi connectivity index (χ0v) is 18.8. The van der Waals surface area contributed by atoms with Crippen molar-refractivity contribution in [1.82, 2.24) is 14.8 Å². The number of aliphatic imine (C=N–C) groups is 1. The van der Waals surface area contributed by atoms with Crippen molar-refractivity contribution in [2.75, 3.05) is 0 Å². The second-order valence-corrected chi connectivity index (χ2v) is 9.45. The molecule has 0 amide bonds. The lowest BCUT2D eigenvalue weighted by molar-refractivity contribution is 0.430. The maximum absolute atomic E-state index is 6.13. The van der Waals surface area contributed by atoms with E-state index in [1.165, 1.54) is 37.7 Å². The molecule has 3 aromatic rings. The average molecular weight is 435 g/mol. The van der Waals surface area contributed by atoms with Crippen LogP contribution in [0.25, 0.3) is 5.00 Å². The molecule has 1 aromatic carbocycles. The summed E-state index contributed by atoms with van der Waals surface area (Å²) in [6, 6.07) is 7.91. The Kier molecular flexibility index (Phi) is 5.22. The number of aromatic nitrogens is 3. The molecule has 0 saturated heterocycles. The monoisotopic (exact) mass is 434 g/mol. The van der Waals surface area contributed by atoms with E-state index in [0.29, 0.717) is 12.5 Å². The quantitative estimate of drug-likeness (QED) is 0.448. The molecule has 30 heavy (non-hydrogen) atoms. The third-order valence-corrected chi connectivity index (χ3v) is 7.40. The molecule has 0 radical (unpaired) electrons. The second-order valence-electron chi connectivity index (χ2n) is 8.01. The average Bonchev–Trinajstić information content (AvgIpc) is 3.22. The Balaban J connectivity index is 1.65. The molecule has 2 aromatic heterocycles. The van der Waals surface area contributed by atoms with Gasteiger partial charge in [0.05, 0.1) is 10.6 Å².